The van der Waals surface area contributed by atoms with Gasteiger partial charge in [-0.15, -0.1) is 0 Å². The molecule has 0 unspecified atom stereocenters. The van der Waals surface area contributed by atoms with Crippen molar-refractivity contribution in [1.82, 2.24) is 5.32 Å². The van der Waals surface area contributed by atoms with Gasteiger partial charge in [0.15, 0.2) is 0 Å². The topological polar surface area (TPSA) is 51.5 Å². The molecule has 1 aromatic carbocycles. The van der Waals surface area contributed by atoms with Crippen molar-refractivity contribution in [3.63, 3.8) is 0 Å². The van der Waals surface area contributed by atoms with Gasteiger partial charge >= 0.3 is 0 Å². The quantitative estimate of drug-likeness (QED) is 0.782. The molecule has 0 spiro atoms. The molecule has 1 saturated carbocycles. The molecule has 132 valence electrons. The Hall–Kier alpha value is -2.49. The van der Waals surface area contributed by atoms with Crippen LogP contribution in [0.25, 0.3) is 6.08 Å². The van der Waals surface area contributed by atoms with Gasteiger partial charge in [-0.05, 0) is 50.5 Å². The average molecular weight is 339 g/mol. The second kappa shape index (κ2) is 7.18. The molecule has 1 aromatic heterocycles. The van der Waals surface area contributed by atoms with Gasteiger partial charge in [-0.25, -0.2) is 0 Å². The molecular weight excluding hydrogens is 314 g/mol. The van der Waals surface area contributed by atoms with Crippen molar-refractivity contribution in [1.29, 1.82) is 0 Å². The van der Waals surface area contributed by atoms with Gasteiger partial charge in [0.2, 0.25) is 5.91 Å². The molecular formula is C21H25NO3. The molecule has 1 N–H and O–H groups in total. The van der Waals surface area contributed by atoms with Crippen molar-refractivity contribution in [2.75, 3.05) is 7.11 Å². The molecule has 3 atom stereocenters. The number of amides is 1. The van der Waals surface area contributed by atoms with Crippen LogP contribution in [0.3, 0.4) is 0 Å². The van der Waals surface area contributed by atoms with Crippen molar-refractivity contribution in [3.8, 4) is 5.75 Å². The summed E-state index contributed by atoms with van der Waals surface area (Å²) in [5.74, 6) is 3.60. The SMILES string of the molecule is COc1ccc(C)cc1[C@H](C)NC(=O)/C=C/c1ccc([C@@H]2C[C@@H]2C)o1. The number of methoxy groups -OCH3 is 1. The maximum Gasteiger partial charge on any atom is 0.244 e. The van der Waals surface area contributed by atoms with E-state index in [1.807, 2.05) is 44.2 Å². The number of nitrogens with one attached hydrogen (secondary N) is 1. The van der Waals surface area contributed by atoms with E-state index in [4.69, 9.17) is 9.15 Å². The van der Waals surface area contributed by atoms with Crippen LogP contribution < -0.4 is 10.1 Å². The Morgan fingerprint density at radius 3 is 2.80 bits per heavy atom. The minimum atomic E-state index is -0.159. The lowest BCUT2D eigenvalue weighted by molar-refractivity contribution is -0.117. The fraction of sp³-hybridized carbons (Fsp3) is 0.381. The van der Waals surface area contributed by atoms with Crippen LogP contribution in [-0.4, -0.2) is 13.0 Å². The highest BCUT2D eigenvalue weighted by atomic mass is 16.5. The molecule has 1 aliphatic rings. The molecule has 0 bridgehead atoms. The summed E-state index contributed by atoms with van der Waals surface area (Å²) >= 11 is 0. The number of carbonyl (C=O) groups excluding carboxylic acids is 1. The number of carbonyl (C=O) groups is 1. The van der Waals surface area contributed by atoms with E-state index in [0.717, 1.165) is 22.6 Å². The standard InChI is InChI=1S/C21H25NO3/c1-13-5-8-19(24-4)18(11-13)15(3)22-21(23)10-7-16-6-9-20(25-16)17-12-14(17)2/h5-11,14-15,17H,12H2,1-4H3,(H,22,23)/b10-7+/t14-,15-,17+/m0/s1. The molecule has 25 heavy (non-hydrogen) atoms. The number of hydrogen-bond donors (Lipinski definition) is 1. The lowest BCUT2D eigenvalue weighted by atomic mass is 10.0. The first-order valence-electron chi connectivity index (χ1n) is 8.70. The first kappa shape index (κ1) is 17.3. The third-order valence-electron chi connectivity index (χ3n) is 4.73. The fourth-order valence-electron chi connectivity index (χ4n) is 3.07. The van der Waals surface area contributed by atoms with Crippen molar-refractivity contribution in [2.24, 2.45) is 5.92 Å². The highest BCUT2D eigenvalue weighted by Crippen LogP contribution is 2.47. The Morgan fingerprint density at radius 2 is 2.12 bits per heavy atom. The van der Waals surface area contributed by atoms with E-state index in [0.29, 0.717) is 17.6 Å². The van der Waals surface area contributed by atoms with Gasteiger partial charge in [0, 0.05) is 17.6 Å². The third kappa shape index (κ3) is 4.13. The Bertz CT molecular complexity index is 790. The Balaban J connectivity index is 1.62. The fourth-order valence-corrected chi connectivity index (χ4v) is 3.07. The maximum absolute atomic E-state index is 12.2. The van der Waals surface area contributed by atoms with Crippen molar-refractivity contribution in [2.45, 2.75) is 39.2 Å². The molecule has 0 saturated heterocycles. The maximum atomic E-state index is 12.2. The Morgan fingerprint density at radius 1 is 1.36 bits per heavy atom. The second-order valence-corrected chi connectivity index (χ2v) is 6.87. The largest absolute Gasteiger partial charge is 0.496 e. The minimum Gasteiger partial charge on any atom is -0.496 e. The van der Waals surface area contributed by atoms with E-state index in [-0.39, 0.29) is 11.9 Å². The van der Waals surface area contributed by atoms with Crippen LogP contribution >= 0.6 is 0 Å². The van der Waals surface area contributed by atoms with Gasteiger partial charge in [0.1, 0.15) is 17.3 Å². The number of benzene rings is 1. The molecule has 4 nitrogen and oxygen atoms in total. The van der Waals surface area contributed by atoms with Crippen LogP contribution in [0.1, 0.15) is 54.9 Å². The van der Waals surface area contributed by atoms with E-state index in [9.17, 15) is 4.79 Å². The molecule has 4 heteroatoms. The molecule has 1 aliphatic carbocycles. The summed E-state index contributed by atoms with van der Waals surface area (Å²) in [6, 6.07) is 9.72. The van der Waals surface area contributed by atoms with E-state index in [1.54, 1.807) is 13.2 Å². The summed E-state index contributed by atoms with van der Waals surface area (Å²) in [7, 11) is 1.64. The molecule has 3 rings (SSSR count). The normalized spacial score (nSPS) is 20.5. The number of hydrogen-bond acceptors (Lipinski definition) is 3. The van der Waals surface area contributed by atoms with Gasteiger partial charge in [-0.1, -0.05) is 24.6 Å². The predicted molar refractivity (Wildman–Crippen MR) is 98.6 cm³/mol. The monoisotopic (exact) mass is 339 g/mol. The van der Waals surface area contributed by atoms with Crippen LogP contribution in [-0.2, 0) is 4.79 Å². The second-order valence-electron chi connectivity index (χ2n) is 6.87. The molecule has 2 aromatic rings. The minimum absolute atomic E-state index is 0.147. The highest BCUT2D eigenvalue weighted by Gasteiger charge is 2.36. The number of furan rings is 1. The average Bonchev–Trinajstić information content (AvgIpc) is 3.13. The molecule has 1 fully saturated rings. The number of aryl methyl sites for hydroxylation is 1. The zero-order valence-electron chi connectivity index (χ0n) is 15.2. The molecule has 0 radical (unpaired) electrons. The smallest absolute Gasteiger partial charge is 0.244 e. The summed E-state index contributed by atoms with van der Waals surface area (Å²) in [5, 5.41) is 2.97. The summed E-state index contributed by atoms with van der Waals surface area (Å²) in [5.41, 5.74) is 2.09. The van der Waals surface area contributed by atoms with Gasteiger partial charge < -0.3 is 14.5 Å². The van der Waals surface area contributed by atoms with Gasteiger partial charge in [0.25, 0.3) is 0 Å². The van der Waals surface area contributed by atoms with Crippen LogP contribution in [0.2, 0.25) is 0 Å². The summed E-state index contributed by atoms with van der Waals surface area (Å²) < 4.78 is 11.2. The zero-order valence-corrected chi connectivity index (χ0v) is 15.2. The summed E-state index contributed by atoms with van der Waals surface area (Å²) in [6.45, 7) is 6.19. The van der Waals surface area contributed by atoms with E-state index < -0.39 is 0 Å². The van der Waals surface area contributed by atoms with Crippen molar-refractivity contribution in [3.05, 3.63) is 59.1 Å². The Kier molecular flexibility index (Phi) is 4.98. The van der Waals surface area contributed by atoms with Crippen LogP contribution in [0, 0.1) is 12.8 Å². The predicted octanol–water partition coefficient (Wildman–Crippen LogP) is 4.61. The van der Waals surface area contributed by atoms with Gasteiger partial charge in [-0.3, -0.25) is 4.79 Å². The van der Waals surface area contributed by atoms with Crippen molar-refractivity contribution >= 4 is 12.0 Å². The number of ether oxygens (including phenoxy) is 1. The van der Waals surface area contributed by atoms with Crippen LogP contribution in [0.4, 0.5) is 0 Å². The molecule has 0 aliphatic heterocycles. The molecule has 1 amide bonds. The number of rotatable bonds is 6. The molecule has 1 heterocycles. The summed E-state index contributed by atoms with van der Waals surface area (Å²) in [6.07, 6.45) is 4.41. The first-order valence-corrected chi connectivity index (χ1v) is 8.70. The van der Waals surface area contributed by atoms with Crippen molar-refractivity contribution < 1.29 is 13.9 Å². The lowest BCUT2D eigenvalue weighted by Gasteiger charge is -2.17. The summed E-state index contributed by atoms with van der Waals surface area (Å²) in [4.78, 5) is 12.2. The van der Waals surface area contributed by atoms with Gasteiger partial charge in [-0.2, -0.15) is 0 Å². The van der Waals surface area contributed by atoms with Crippen LogP contribution in [0.5, 0.6) is 5.75 Å². The van der Waals surface area contributed by atoms with Crippen LogP contribution in [0.15, 0.2) is 40.8 Å². The highest BCUT2D eigenvalue weighted by molar-refractivity contribution is 5.91. The van der Waals surface area contributed by atoms with E-state index in [1.165, 1.54) is 12.5 Å². The lowest BCUT2D eigenvalue weighted by Crippen LogP contribution is -2.25. The first-order chi connectivity index (χ1) is 12.0. The Labute approximate surface area is 148 Å². The van der Waals surface area contributed by atoms with Gasteiger partial charge in [0.05, 0.1) is 13.2 Å². The van der Waals surface area contributed by atoms with E-state index >= 15 is 0 Å². The zero-order chi connectivity index (χ0) is 18.0. The third-order valence-corrected chi connectivity index (χ3v) is 4.73. The van der Waals surface area contributed by atoms with E-state index in [2.05, 4.69) is 12.2 Å².